The zero-order valence-corrected chi connectivity index (χ0v) is 14.2. The van der Waals surface area contributed by atoms with Gasteiger partial charge in [-0.3, -0.25) is 9.35 Å². The summed E-state index contributed by atoms with van der Waals surface area (Å²) < 4.78 is 63.9. The van der Waals surface area contributed by atoms with Crippen molar-refractivity contribution >= 4 is 24.4 Å². The number of ether oxygens (including phenoxy) is 1. The van der Waals surface area contributed by atoms with E-state index in [9.17, 15) is 22.0 Å². The summed E-state index contributed by atoms with van der Waals surface area (Å²) in [6.07, 6.45) is 1.98. The number of hydrogen-bond acceptors (Lipinski definition) is 5. The molecule has 126 valence electrons. The van der Waals surface area contributed by atoms with E-state index < -0.39 is 36.3 Å². The third-order valence-electron chi connectivity index (χ3n) is 2.99. The van der Waals surface area contributed by atoms with Crippen molar-refractivity contribution in [2.24, 2.45) is 0 Å². The largest absolute Gasteiger partial charge is 0.458 e. The van der Waals surface area contributed by atoms with Gasteiger partial charge in [-0.1, -0.05) is 12.8 Å². The topological polar surface area (TPSA) is 89.9 Å². The van der Waals surface area contributed by atoms with E-state index in [1.165, 1.54) is 0 Å². The SMILES string of the molecule is CO[Si](C)(C)CCCCCC(=O)OCC(F)(F)S(=O)(=O)O. The Balaban J connectivity index is 3.88. The molecule has 0 aliphatic rings. The van der Waals surface area contributed by atoms with Gasteiger partial charge < -0.3 is 9.16 Å². The lowest BCUT2D eigenvalue weighted by Crippen LogP contribution is -2.34. The van der Waals surface area contributed by atoms with Crippen molar-refractivity contribution in [1.82, 2.24) is 0 Å². The highest BCUT2D eigenvalue weighted by molar-refractivity contribution is 7.86. The average molecular weight is 348 g/mol. The standard InChI is InChI=1S/C11H22F2O6SSi/c1-18-21(2,3)8-6-4-5-7-10(14)19-9-11(12,13)20(15,16)17/h4-9H2,1-3H3,(H,15,16,17). The van der Waals surface area contributed by atoms with E-state index >= 15 is 0 Å². The average Bonchev–Trinajstić information content (AvgIpc) is 2.34. The smallest absolute Gasteiger partial charge is 0.402 e. The van der Waals surface area contributed by atoms with Crippen LogP contribution in [-0.2, 0) is 24.1 Å². The molecule has 0 heterocycles. The second-order valence-corrected chi connectivity index (χ2v) is 11.3. The summed E-state index contributed by atoms with van der Waals surface area (Å²) in [6.45, 7) is 2.46. The number of rotatable bonds is 10. The Labute approximate surface area is 124 Å². The van der Waals surface area contributed by atoms with Gasteiger partial charge >= 0.3 is 21.3 Å². The van der Waals surface area contributed by atoms with Crippen molar-refractivity contribution in [3.63, 3.8) is 0 Å². The molecule has 0 aromatic rings. The summed E-state index contributed by atoms with van der Waals surface area (Å²) in [5.74, 6) is -0.915. The number of unbranched alkanes of at least 4 members (excludes halogenated alkanes) is 2. The van der Waals surface area contributed by atoms with Gasteiger partial charge in [0.2, 0.25) is 0 Å². The molecule has 0 amide bonds. The van der Waals surface area contributed by atoms with Gasteiger partial charge in [0.05, 0.1) is 0 Å². The third kappa shape index (κ3) is 8.44. The first-order valence-electron chi connectivity index (χ1n) is 6.47. The lowest BCUT2D eigenvalue weighted by molar-refractivity contribution is -0.149. The molecule has 0 spiro atoms. The Kier molecular flexibility index (Phi) is 7.93. The maximum Gasteiger partial charge on any atom is 0.402 e. The molecular formula is C11H22F2O6SSi. The molecule has 21 heavy (non-hydrogen) atoms. The molecule has 0 unspecified atom stereocenters. The summed E-state index contributed by atoms with van der Waals surface area (Å²) in [5.41, 5.74) is 0. The molecular weight excluding hydrogens is 326 g/mol. The van der Waals surface area contributed by atoms with E-state index in [-0.39, 0.29) is 6.42 Å². The van der Waals surface area contributed by atoms with Crippen LogP contribution in [0.15, 0.2) is 0 Å². The predicted molar refractivity (Wildman–Crippen MR) is 75.2 cm³/mol. The zero-order chi connectivity index (χ0) is 16.7. The van der Waals surface area contributed by atoms with Gasteiger partial charge in [0.1, 0.15) is 0 Å². The summed E-state index contributed by atoms with van der Waals surface area (Å²) in [5, 5.41) is -4.48. The number of carbonyl (C=O) groups is 1. The Morgan fingerprint density at radius 3 is 2.29 bits per heavy atom. The first-order chi connectivity index (χ1) is 9.41. The van der Waals surface area contributed by atoms with Crippen LogP contribution in [0.2, 0.25) is 19.1 Å². The number of carbonyl (C=O) groups excluding carboxylic acids is 1. The van der Waals surface area contributed by atoms with E-state index in [1.54, 1.807) is 7.11 Å². The van der Waals surface area contributed by atoms with E-state index in [0.29, 0.717) is 6.42 Å². The number of esters is 1. The summed E-state index contributed by atoms with van der Waals surface area (Å²) in [4.78, 5) is 11.2. The number of halogens is 2. The predicted octanol–water partition coefficient (Wildman–Crippen LogP) is 2.42. The van der Waals surface area contributed by atoms with Gasteiger partial charge in [-0.05, 0) is 25.6 Å². The molecule has 1 N–H and O–H groups in total. The van der Waals surface area contributed by atoms with Crippen LogP contribution < -0.4 is 0 Å². The van der Waals surface area contributed by atoms with Crippen LogP contribution in [0.25, 0.3) is 0 Å². The quantitative estimate of drug-likeness (QED) is 0.282. The van der Waals surface area contributed by atoms with Gasteiger partial charge in [0.25, 0.3) is 0 Å². The monoisotopic (exact) mass is 348 g/mol. The highest BCUT2D eigenvalue weighted by Gasteiger charge is 2.45. The highest BCUT2D eigenvalue weighted by atomic mass is 32.2. The molecule has 0 aliphatic heterocycles. The van der Waals surface area contributed by atoms with Crippen LogP contribution in [-0.4, -0.2) is 46.2 Å². The van der Waals surface area contributed by atoms with Crippen molar-refractivity contribution < 1.29 is 35.7 Å². The normalized spacial score (nSPS) is 13.2. The minimum Gasteiger partial charge on any atom is -0.458 e. The number of alkyl halides is 2. The Morgan fingerprint density at radius 2 is 1.81 bits per heavy atom. The van der Waals surface area contributed by atoms with E-state index in [1.807, 2.05) is 0 Å². The van der Waals surface area contributed by atoms with Crippen LogP contribution in [0, 0.1) is 0 Å². The van der Waals surface area contributed by atoms with Gasteiger partial charge in [0, 0.05) is 13.5 Å². The fourth-order valence-electron chi connectivity index (χ4n) is 1.41. The minimum atomic E-state index is -5.57. The molecule has 0 saturated heterocycles. The van der Waals surface area contributed by atoms with Crippen LogP contribution in [0.3, 0.4) is 0 Å². The van der Waals surface area contributed by atoms with Crippen LogP contribution in [0.4, 0.5) is 8.78 Å². The molecule has 0 rings (SSSR count). The van der Waals surface area contributed by atoms with Crippen molar-refractivity contribution in [3.8, 4) is 0 Å². The van der Waals surface area contributed by atoms with Crippen molar-refractivity contribution in [1.29, 1.82) is 0 Å². The molecule has 0 radical (unpaired) electrons. The Hall–Kier alpha value is -0.583. The molecule has 10 heteroatoms. The van der Waals surface area contributed by atoms with Gasteiger partial charge in [-0.15, -0.1) is 0 Å². The molecule has 0 aromatic heterocycles. The number of hydrogen-bond donors (Lipinski definition) is 1. The second-order valence-electron chi connectivity index (χ2n) is 5.30. The maximum atomic E-state index is 12.8. The fraction of sp³-hybridized carbons (Fsp3) is 0.909. The first kappa shape index (κ1) is 20.4. The van der Waals surface area contributed by atoms with Gasteiger partial charge in [-0.25, -0.2) is 0 Å². The molecule has 0 saturated carbocycles. The summed E-state index contributed by atoms with van der Waals surface area (Å²) in [6, 6.07) is 0.930. The molecule has 0 aliphatic carbocycles. The molecule has 0 fully saturated rings. The van der Waals surface area contributed by atoms with E-state index in [4.69, 9.17) is 8.98 Å². The fourth-order valence-corrected chi connectivity index (χ4v) is 2.92. The molecule has 6 nitrogen and oxygen atoms in total. The third-order valence-corrected chi connectivity index (χ3v) is 6.53. The van der Waals surface area contributed by atoms with Crippen LogP contribution in [0.5, 0.6) is 0 Å². The second kappa shape index (κ2) is 8.16. The lowest BCUT2D eigenvalue weighted by Gasteiger charge is -2.19. The van der Waals surface area contributed by atoms with Crippen LogP contribution >= 0.6 is 0 Å². The molecule has 0 bridgehead atoms. The highest BCUT2D eigenvalue weighted by Crippen LogP contribution is 2.21. The molecule has 0 aromatic carbocycles. The van der Waals surface area contributed by atoms with E-state index in [2.05, 4.69) is 17.8 Å². The van der Waals surface area contributed by atoms with Crippen molar-refractivity contribution in [2.45, 2.75) is 50.1 Å². The maximum absolute atomic E-state index is 12.8. The Morgan fingerprint density at radius 1 is 1.24 bits per heavy atom. The Bertz CT molecular complexity index is 438. The van der Waals surface area contributed by atoms with E-state index in [0.717, 1.165) is 18.9 Å². The first-order valence-corrected chi connectivity index (χ1v) is 11.0. The molecule has 0 atom stereocenters. The van der Waals surface area contributed by atoms with Crippen molar-refractivity contribution in [3.05, 3.63) is 0 Å². The van der Waals surface area contributed by atoms with Crippen molar-refractivity contribution in [2.75, 3.05) is 13.7 Å². The summed E-state index contributed by atoms with van der Waals surface area (Å²) >= 11 is 0. The summed E-state index contributed by atoms with van der Waals surface area (Å²) in [7, 11) is -5.53. The zero-order valence-electron chi connectivity index (χ0n) is 12.4. The van der Waals surface area contributed by atoms with Gasteiger partial charge in [0.15, 0.2) is 14.9 Å². The van der Waals surface area contributed by atoms with Crippen LogP contribution in [0.1, 0.15) is 25.7 Å². The lowest BCUT2D eigenvalue weighted by atomic mass is 10.2. The minimum absolute atomic E-state index is 0.0729. The van der Waals surface area contributed by atoms with Gasteiger partial charge in [-0.2, -0.15) is 17.2 Å².